The molecule has 0 heterocycles. The van der Waals surface area contributed by atoms with Crippen LogP contribution in [0.2, 0.25) is 0 Å². The van der Waals surface area contributed by atoms with Gasteiger partial charge in [-0.1, -0.05) is 0 Å². The van der Waals surface area contributed by atoms with Gasteiger partial charge in [-0.3, -0.25) is 24.0 Å². The molecule has 0 aliphatic carbocycles. The average molecular weight is 398 g/mol. The number of Topliss-reactive ketones (excluding diaryl/α,β-unsaturated/α-hetero) is 3. The maximum absolute atomic E-state index is 11.0. The topological polar surface area (TPSA) is 141 Å². The fourth-order valence-electron chi connectivity index (χ4n) is 1.85. The quantitative estimate of drug-likeness (QED) is 0.297. The highest BCUT2D eigenvalue weighted by Gasteiger charge is 2.11. The highest BCUT2D eigenvalue weighted by Crippen LogP contribution is 2.13. The number of rotatable bonds is 12. The van der Waals surface area contributed by atoms with Gasteiger partial charge >= 0.3 is 5.97 Å². The van der Waals surface area contributed by atoms with Crippen molar-refractivity contribution in [2.24, 2.45) is 0 Å². The Bertz CT molecular complexity index is 669. The van der Waals surface area contributed by atoms with Crippen LogP contribution in [0.15, 0.2) is 22.7 Å². The van der Waals surface area contributed by atoms with Crippen LogP contribution in [0.3, 0.4) is 0 Å². The van der Waals surface area contributed by atoms with Crippen molar-refractivity contribution < 1.29 is 43.3 Å². The summed E-state index contributed by atoms with van der Waals surface area (Å²) < 4.78 is 9.12. The molecule has 156 valence electrons. The van der Waals surface area contributed by atoms with Gasteiger partial charge in [-0.25, -0.2) is 0 Å². The minimum absolute atomic E-state index is 0.00616. The highest BCUT2D eigenvalue weighted by atomic mass is 16.5. The van der Waals surface area contributed by atoms with E-state index in [0.717, 1.165) is 0 Å². The molecule has 0 saturated carbocycles. The molecule has 0 spiro atoms. The molecule has 0 radical (unpaired) electrons. The summed E-state index contributed by atoms with van der Waals surface area (Å²) in [6.45, 7) is 7.63. The van der Waals surface area contributed by atoms with E-state index in [2.05, 4.69) is 9.47 Å². The maximum atomic E-state index is 11.0. The first-order chi connectivity index (χ1) is 13.0. The Morgan fingerprint density at radius 3 is 1.64 bits per heavy atom. The van der Waals surface area contributed by atoms with Crippen LogP contribution >= 0.6 is 0 Å². The lowest BCUT2D eigenvalue weighted by Gasteiger charge is -2.06. The molecule has 0 fully saturated rings. The normalized spacial score (nSPS) is 11.6. The first-order valence-corrected chi connectivity index (χ1v) is 8.31. The second kappa shape index (κ2) is 15.0. The van der Waals surface area contributed by atoms with Gasteiger partial charge in [-0.05, 0) is 41.0 Å². The smallest absolute Gasteiger partial charge is 0.303 e. The zero-order valence-electron chi connectivity index (χ0n) is 16.7. The van der Waals surface area contributed by atoms with Crippen LogP contribution in [0.4, 0.5) is 0 Å². The van der Waals surface area contributed by atoms with Gasteiger partial charge in [0.15, 0.2) is 11.6 Å². The molecule has 0 saturated heterocycles. The number of hydrogen-bond donors (Lipinski definition) is 1. The molecule has 0 aliphatic heterocycles. The van der Waals surface area contributed by atoms with Crippen molar-refractivity contribution in [2.75, 3.05) is 0 Å². The minimum Gasteiger partial charge on any atom is -0.481 e. The summed E-state index contributed by atoms with van der Waals surface area (Å²) in [6.07, 6.45) is 0.478. The number of carboxylic acid groups (broad SMARTS) is 1. The molecule has 1 N–H and O–H groups in total. The summed E-state index contributed by atoms with van der Waals surface area (Å²) in [6, 6.07) is 0. The zero-order chi connectivity index (χ0) is 22.3. The van der Waals surface area contributed by atoms with Crippen molar-refractivity contribution in [3.63, 3.8) is 0 Å². The fraction of sp³-hybridized carbons (Fsp3) is 0.474. The van der Waals surface area contributed by atoms with Crippen molar-refractivity contribution in [1.29, 1.82) is 0 Å². The van der Waals surface area contributed by atoms with E-state index in [4.69, 9.17) is 5.11 Å². The molecule has 0 rings (SSSR count). The van der Waals surface area contributed by atoms with Gasteiger partial charge in [0.25, 0.3) is 12.9 Å². The zero-order valence-corrected chi connectivity index (χ0v) is 16.7. The lowest BCUT2D eigenvalue weighted by molar-refractivity contribution is -0.137. The van der Waals surface area contributed by atoms with E-state index >= 15 is 0 Å². The number of carbonyl (C=O) groups is 6. The van der Waals surface area contributed by atoms with Crippen molar-refractivity contribution in [3.8, 4) is 0 Å². The molecule has 0 aliphatic rings. The Balaban J connectivity index is 0. The van der Waals surface area contributed by atoms with Crippen LogP contribution in [0.25, 0.3) is 0 Å². The number of aliphatic carboxylic acids is 1. The molecule has 28 heavy (non-hydrogen) atoms. The van der Waals surface area contributed by atoms with E-state index in [1.54, 1.807) is 6.92 Å². The molecule has 0 aromatic heterocycles. The fourth-order valence-corrected chi connectivity index (χ4v) is 1.85. The van der Waals surface area contributed by atoms with E-state index in [9.17, 15) is 28.8 Å². The standard InChI is InChI=1S/C10H14O4.C9H12O5/c1-7(12)4-5-10(14-6-11)8(2)9(3)13;1-6(11)8(3-4-9(12)13)7(2)14-5-10/h6H,4-5H2,1-3H3;5H,3-4H2,1-2H3,(H,12,13). The summed E-state index contributed by atoms with van der Waals surface area (Å²) in [5.41, 5.74) is 0.623. The van der Waals surface area contributed by atoms with Gasteiger partial charge in [-0.15, -0.1) is 0 Å². The summed E-state index contributed by atoms with van der Waals surface area (Å²) >= 11 is 0. The van der Waals surface area contributed by atoms with Crippen LogP contribution in [0.1, 0.15) is 60.3 Å². The van der Waals surface area contributed by atoms with Crippen molar-refractivity contribution >= 4 is 36.3 Å². The summed E-state index contributed by atoms with van der Waals surface area (Å²) in [5, 5.41) is 8.41. The van der Waals surface area contributed by atoms with Crippen LogP contribution in [-0.4, -0.2) is 41.4 Å². The molecule has 0 aromatic carbocycles. The minimum atomic E-state index is -0.998. The third-order valence-electron chi connectivity index (χ3n) is 3.50. The summed E-state index contributed by atoms with van der Waals surface area (Å²) in [4.78, 5) is 63.1. The van der Waals surface area contributed by atoms with Gasteiger partial charge in [-0.2, -0.15) is 0 Å². The Morgan fingerprint density at radius 1 is 0.750 bits per heavy atom. The van der Waals surface area contributed by atoms with E-state index < -0.39 is 5.97 Å². The molecule has 0 aromatic rings. The van der Waals surface area contributed by atoms with Crippen LogP contribution in [-0.2, 0) is 38.2 Å². The first-order valence-electron chi connectivity index (χ1n) is 8.31. The Morgan fingerprint density at radius 2 is 1.29 bits per heavy atom. The number of hydrogen-bond acceptors (Lipinski definition) is 8. The summed E-state index contributed by atoms with van der Waals surface area (Å²) in [7, 11) is 0. The van der Waals surface area contributed by atoms with Gasteiger partial charge in [0.1, 0.15) is 17.3 Å². The van der Waals surface area contributed by atoms with Gasteiger partial charge in [0.2, 0.25) is 0 Å². The second-order valence-corrected chi connectivity index (χ2v) is 5.72. The van der Waals surface area contributed by atoms with E-state index in [-0.39, 0.29) is 66.6 Å². The van der Waals surface area contributed by atoms with Crippen LogP contribution in [0, 0.1) is 0 Å². The van der Waals surface area contributed by atoms with E-state index in [1.165, 1.54) is 27.7 Å². The predicted molar refractivity (Wildman–Crippen MR) is 97.8 cm³/mol. The van der Waals surface area contributed by atoms with Gasteiger partial charge < -0.3 is 19.4 Å². The van der Waals surface area contributed by atoms with Crippen LogP contribution in [0.5, 0.6) is 0 Å². The van der Waals surface area contributed by atoms with Gasteiger partial charge in [0.05, 0.1) is 0 Å². The molecule has 9 heteroatoms. The molecular weight excluding hydrogens is 372 g/mol. The molecular formula is C19H26O9. The third kappa shape index (κ3) is 13.2. The maximum Gasteiger partial charge on any atom is 0.303 e. The first kappa shape index (κ1) is 27.1. The average Bonchev–Trinajstić information content (AvgIpc) is 2.58. The predicted octanol–water partition coefficient (Wildman–Crippen LogP) is 2.28. The Labute approximate surface area is 163 Å². The number of allylic oxidation sites excluding steroid dienone is 4. The van der Waals surface area contributed by atoms with E-state index in [0.29, 0.717) is 12.0 Å². The largest absolute Gasteiger partial charge is 0.481 e. The number of ether oxygens (including phenoxy) is 2. The molecule has 0 unspecified atom stereocenters. The van der Waals surface area contributed by atoms with Crippen molar-refractivity contribution in [3.05, 3.63) is 22.7 Å². The Kier molecular flexibility index (Phi) is 14.5. The molecule has 9 nitrogen and oxygen atoms in total. The lowest BCUT2D eigenvalue weighted by atomic mass is 10.1. The molecule has 0 atom stereocenters. The number of carbonyl (C=O) groups excluding carboxylic acids is 5. The lowest BCUT2D eigenvalue weighted by Crippen LogP contribution is -2.05. The number of carboxylic acids is 1. The van der Waals surface area contributed by atoms with Gasteiger partial charge in [0, 0.05) is 30.4 Å². The molecule has 0 bridgehead atoms. The van der Waals surface area contributed by atoms with Crippen LogP contribution < -0.4 is 0 Å². The summed E-state index contributed by atoms with van der Waals surface area (Å²) in [5.74, 6) is -1.01. The SMILES string of the molecule is CC(=O)C(CCC(=O)O)=C(C)OC=O.CC(=O)CCC(OC=O)=C(C)C(C)=O. The monoisotopic (exact) mass is 398 g/mol. The third-order valence-corrected chi connectivity index (χ3v) is 3.50. The second-order valence-electron chi connectivity index (χ2n) is 5.72. The van der Waals surface area contributed by atoms with Crippen molar-refractivity contribution in [2.45, 2.75) is 60.3 Å². The molecule has 0 amide bonds. The van der Waals surface area contributed by atoms with Crippen molar-refractivity contribution in [1.82, 2.24) is 0 Å². The highest BCUT2D eigenvalue weighted by molar-refractivity contribution is 5.94. The Hall–Kier alpha value is -3.10. The number of ketones is 3. The van der Waals surface area contributed by atoms with E-state index in [1.807, 2.05) is 0 Å².